The lowest BCUT2D eigenvalue weighted by molar-refractivity contribution is 0.415. The van der Waals surface area contributed by atoms with Gasteiger partial charge < -0.3 is 4.74 Å². The molecule has 0 N–H and O–H groups in total. The number of methoxy groups -OCH3 is 1. The summed E-state index contributed by atoms with van der Waals surface area (Å²) < 4.78 is 5.15. The largest absolute Gasteiger partial charge is 0.495 e. The molecule has 1 atom stereocenters. The Kier molecular flexibility index (Phi) is 4.95. The number of benzene rings is 2. The highest BCUT2D eigenvalue weighted by atomic mass is 35.5. The van der Waals surface area contributed by atoms with Crippen LogP contribution in [-0.2, 0) is 6.42 Å². The summed E-state index contributed by atoms with van der Waals surface area (Å²) in [6.07, 6.45) is 0.783. The first kappa shape index (κ1) is 15.2. The van der Waals surface area contributed by atoms with Crippen molar-refractivity contribution in [1.82, 2.24) is 0 Å². The molecule has 0 fully saturated rings. The molecule has 0 saturated carbocycles. The summed E-state index contributed by atoms with van der Waals surface area (Å²) in [6, 6.07) is 12.1. The first-order valence-corrected chi connectivity index (χ1v) is 7.36. The van der Waals surface area contributed by atoms with Crippen molar-refractivity contribution in [2.45, 2.75) is 25.6 Å². The molecule has 0 amide bonds. The summed E-state index contributed by atoms with van der Waals surface area (Å²) in [5, 5.41) is 0.497. The predicted molar refractivity (Wildman–Crippen MR) is 86.2 cm³/mol. The standard InChI is InChI=1S/C17H18Cl2O/c1-11-4-5-13(8-12(11)2)9-15(18)14-6-7-17(20-3)16(19)10-14/h4-8,10,15H,9H2,1-3H3. The van der Waals surface area contributed by atoms with E-state index in [1.807, 2.05) is 18.2 Å². The summed E-state index contributed by atoms with van der Waals surface area (Å²) in [5.74, 6) is 0.672. The molecule has 3 heteroatoms. The normalized spacial score (nSPS) is 12.2. The Morgan fingerprint density at radius 1 is 1.05 bits per heavy atom. The van der Waals surface area contributed by atoms with Gasteiger partial charge in [0.05, 0.1) is 17.5 Å². The maximum absolute atomic E-state index is 6.50. The van der Waals surface area contributed by atoms with Crippen molar-refractivity contribution in [3.8, 4) is 5.75 Å². The van der Waals surface area contributed by atoms with Crippen LogP contribution in [0.25, 0.3) is 0 Å². The van der Waals surface area contributed by atoms with Crippen LogP contribution in [0.15, 0.2) is 36.4 Å². The third kappa shape index (κ3) is 3.47. The molecule has 0 aromatic heterocycles. The first-order chi connectivity index (χ1) is 9.51. The Morgan fingerprint density at radius 2 is 1.80 bits per heavy atom. The van der Waals surface area contributed by atoms with E-state index >= 15 is 0 Å². The Morgan fingerprint density at radius 3 is 2.40 bits per heavy atom. The molecule has 0 spiro atoms. The maximum atomic E-state index is 6.50. The zero-order chi connectivity index (χ0) is 14.7. The van der Waals surface area contributed by atoms with Gasteiger partial charge in [-0.15, -0.1) is 11.6 Å². The van der Waals surface area contributed by atoms with Crippen LogP contribution in [0.4, 0.5) is 0 Å². The second-order valence-electron chi connectivity index (χ2n) is 4.98. The number of hydrogen-bond acceptors (Lipinski definition) is 1. The van der Waals surface area contributed by atoms with E-state index in [1.54, 1.807) is 7.11 Å². The second kappa shape index (κ2) is 6.51. The number of rotatable bonds is 4. The fourth-order valence-electron chi connectivity index (χ4n) is 2.13. The van der Waals surface area contributed by atoms with Crippen LogP contribution in [0.1, 0.15) is 27.6 Å². The second-order valence-corrected chi connectivity index (χ2v) is 5.92. The average molecular weight is 309 g/mol. The van der Waals surface area contributed by atoms with Crippen LogP contribution in [-0.4, -0.2) is 7.11 Å². The van der Waals surface area contributed by atoms with Crippen molar-refractivity contribution in [1.29, 1.82) is 0 Å². The van der Waals surface area contributed by atoms with Gasteiger partial charge in [-0.25, -0.2) is 0 Å². The molecule has 20 heavy (non-hydrogen) atoms. The first-order valence-electron chi connectivity index (χ1n) is 6.55. The molecule has 0 aliphatic rings. The van der Waals surface area contributed by atoms with Gasteiger partial charge in [0.1, 0.15) is 5.75 Å². The summed E-state index contributed by atoms with van der Waals surface area (Å²) in [7, 11) is 1.61. The lowest BCUT2D eigenvalue weighted by Crippen LogP contribution is -1.97. The van der Waals surface area contributed by atoms with E-state index in [1.165, 1.54) is 16.7 Å². The zero-order valence-corrected chi connectivity index (χ0v) is 13.4. The van der Waals surface area contributed by atoms with Crippen molar-refractivity contribution in [3.63, 3.8) is 0 Å². The number of ether oxygens (including phenoxy) is 1. The van der Waals surface area contributed by atoms with Gasteiger partial charge in [0, 0.05) is 0 Å². The summed E-state index contributed by atoms with van der Waals surface area (Å²) in [4.78, 5) is 0. The SMILES string of the molecule is COc1ccc(C(Cl)Cc2ccc(C)c(C)c2)cc1Cl. The summed E-state index contributed by atoms with van der Waals surface area (Å²) in [6.45, 7) is 4.23. The topological polar surface area (TPSA) is 9.23 Å². The fraction of sp³-hybridized carbons (Fsp3) is 0.294. The molecule has 0 radical (unpaired) electrons. The molecule has 0 bridgehead atoms. The highest BCUT2D eigenvalue weighted by molar-refractivity contribution is 6.32. The van der Waals surface area contributed by atoms with Gasteiger partial charge in [-0.3, -0.25) is 0 Å². The molecule has 2 aromatic rings. The molecule has 2 rings (SSSR count). The molecule has 2 aromatic carbocycles. The van der Waals surface area contributed by atoms with Gasteiger partial charge in [-0.05, 0) is 54.7 Å². The van der Waals surface area contributed by atoms with E-state index in [2.05, 4.69) is 32.0 Å². The van der Waals surface area contributed by atoms with Gasteiger partial charge in [0.2, 0.25) is 0 Å². The van der Waals surface area contributed by atoms with E-state index in [4.69, 9.17) is 27.9 Å². The van der Waals surface area contributed by atoms with Crippen LogP contribution in [0.3, 0.4) is 0 Å². The lowest BCUT2D eigenvalue weighted by atomic mass is 10.00. The predicted octanol–water partition coefficient (Wildman–Crippen LogP) is 5.49. The van der Waals surface area contributed by atoms with Crippen LogP contribution in [0.5, 0.6) is 5.75 Å². The van der Waals surface area contributed by atoms with E-state index in [9.17, 15) is 0 Å². The molecular formula is C17H18Cl2O. The molecule has 0 heterocycles. The van der Waals surface area contributed by atoms with E-state index in [0.717, 1.165) is 12.0 Å². The maximum Gasteiger partial charge on any atom is 0.137 e. The number of hydrogen-bond donors (Lipinski definition) is 0. The number of halogens is 2. The quantitative estimate of drug-likeness (QED) is 0.679. The van der Waals surface area contributed by atoms with Crippen molar-refractivity contribution in [3.05, 3.63) is 63.7 Å². The molecule has 0 aliphatic carbocycles. The van der Waals surface area contributed by atoms with Crippen LogP contribution < -0.4 is 4.74 Å². The lowest BCUT2D eigenvalue weighted by Gasteiger charge is -2.13. The van der Waals surface area contributed by atoms with E-state index < -0.39 is 0 Å². The van der Waals surface area contributed by atoms with E-state index in [-0.39, 0.29) is 5.38 Å². The van der Waals surface area contributed by atoms with Crippen molar-refractivity contribution in [2.24, 2.45) is 0 Å². The minimum Gasteiger partial charge on any atom is -0.495 e. The third-order valence-electron chi connectivity index (χ3n) is 3.52. The monoisotopic (exact) mass is 308 g/mol. The van der Waals surface area contributed by atoms with Crippen molar-refractivity contribution >= 4 is 23.2 Å². The van der Waals surface area contributed by atoms with Gasteiger partial charge in [0.15, 0.2) is 0 Å². The van der Waals surface area contributed by atoms with Crippen LogP contribution in [0, 0.1) is 13.8 Å². The number of alkyl halides is 1. The number of aryl methyl sites for hydroxylation is 2. The van der Waals surface area contributed by atoms with Crippen molar-refractivity contribution in [2.75, 3.05) is 7.11 Å². The smallest absolute Gasteiger partial charge is 0.137 e. The molecule has 1 nitrogen and oxygen atoms in total. The third-order valence-corrected chi connectivity index (χ3v) is 4.23. The zero-order valence-electron chi connectivity index (χ0n) is 11.9. The Bertz CT molecular complexity index is 608. The van der Waals surface area contributed by atoms with Crippen molar-refractivity contribution < 1.29 is 4.74 Å². The van der Waals surface area contributed by atoms with Gasteiger partial charge >= 0.3 is 0 Å². The van der Waals surface area contributed by atoms with Gasteiger partial charge in [0.25, 0.3) is 0 Å². The van der Waals surface area contributed by atoms with Gasteiger partial charge in [-0.2, -0.15) is 0 Å². The van der Waals surface area contributed by atoms with Gasteiger partial charge in [-0.1, -0.05) is 35.9 Å². The molecule has 0 aliphatic heterocycles. The Labute approximate surface area is 130 Å². The van der Waals surface area contributed by atoms with Crippen LogP contribution in [0.2, 0.25) is 5.02 Å². The molecule has 1 unspecified atom stereocenters. The summed E-state index contributed by atoms with van der Waals surface area (Å²) >= 11 is 12.6. The Hall–Kier alpha value is -1.18. The fourth-order valence-corrected chi connectivity index (χ4v) is 2.71. The Balaban J connectivity index is 2.17. The molecule has 0 saturated heterocycles. The summed E-state index contributed by atoms with van der Waals surface area (Å²) in [5.41, 5.74) is 4.84. The highest BCUT2D eigenvalue weighted by Crippen LogP contribution is 2.32. The molecule has 106 valence electrons. The highest BCUT2D eigenvalue weighted by Gasteiger charge is 2.12. The molecular weight excluding hydrogens is 291 g/mol. The van der Waals surface area contributed by atoms with Crippen LogP contribution >= 0.6 is 23.2 Å². The minimum absolute atomic E-state index is 0.0967. The minimum atomic E-state index is -0.0967. The average Bonchev–Trinajstić information content (AvgIpc) is 2.42. The van der Waals surface area contributed by atoms with E-state index in [0.29, 0.717) is 10.8 Å².